The van der Waals surface area contributed by atoms with Gasteiger partial charge in [-0.15, -0.1) is 0 Å². The highest BCUT2D eigenvalue weighted by atomic mass is 19.1. The Kier molecular flexibility index (Phi) is 17.8. The van der Waals surface area contributed by atoms with Crippen LogP contribution in [0.2, 0.25) is 0 Å². The third-order valence-corrected chi connectivity index (χ3v) is 11.9. The van der Waals surface area contributed by atoms with E-state index in [0.29, 0.717) is 88.1 Å². The number of hydrogen-bond acceptors (Lipinski definition) is 15. The molecule has 6 rings (SSSR count). The molecule has 404 valence electrons. The molecule has 4 aliphatic heterocycles. The molecule has 0 aromatic heterocycles. The summed E-state index contributed by atoms with van der Waals surface area (Å²) in [5.41, 5.74) is -4.68. The number of hydrogen-bond donors (Lipinski definition) is 1. The number of rotatable bonds is 12. The van der Waals surface area contributed by atoms with Crippen molar-refractivity contribution < 1.29 is 66.6 Å². The Balaban J connectivity index is 0.000000267. The molecule has 2 amide bonds. The van der Waals surface area contributed by atoms with Crippen LogP contribution in [0.15, 0.2) is 36.4 Å². The van der Waals surface area contributed by atoms with Gasteiger partial charge in [-0.25, -0.2) is 23.6 Å². The van der Waals surface area contributed by atoms with Gasteiger partial charge in [-0.1, -0.05) is 24.3 Å². The van der Waals surface area contributed by atoms with E-state index in [1.807, 2.05) is 80.5 Å². The number of ether oxygens (including phenoxy) is 8. The van der Waals surface area contributed by atoms with Crippen LogP contribution in [0, 0.1) is 0 Å². The van der Waals surface area contributed by atoms with Crippen molar-refractivity contribution in [2.24, 2.45) is 0 Å². The predicted octanol–water partition coefficient (Wildman–Crippen LogP) is 7.89. The molecule has 18 heteroatoms. The first-order chi connectivity index (χ1) is 32.9. The van der Waals surface area contributed by atoms with Crippen LogP contribution >= 0.6 is 0 Å². The molecule has 0 saturated carbocycles. The van der Waals surface area contributed by atoms with Gasteiger partial charge in [0.25, 0.3) is 0 Å². The maximum atomic E-state index is 15.1. The molecule has 0 spiro atoms. The summed E-state index contributed by atoms with van der Waals surface area (Å²) >= 11 is 0. The van der Waals surface area contributed by atoms with Gasteiger partial charge < -0.3 is 52.8 Å². The van der Waals surface area contributed by atoms with E-state index in [1.165, 1.54) is 0 Å². The fourth-order valence-corrected chi connectivity index (χ4v) is 7.79. The number of aliphatic hydroxyl groups is 1. The molecule has 0 unspecified atom stereocenters. The van der Waals surface area contributed by atoms with Crippen LogP contribution in [-0.2, 0) is 62.4 Å². The van der Waals surface area contributed by atoms with Gasteiger partial charge in [-0.3, -0.25) is 9.80 Å². The number of piperazine rings is 2. The van der Waals surface area contributed by atoms with Crippen molar-refractivity contribution in [3.05, 3.63) is 58.7 Å². The molecular formula is C54H83FN4O13. The number of benzene rings is 2. The first-order valence-electron chi connectivity index (χ1n) is 25.0. The maximum Gasteiger partial charge on any atom is 0.410 e. The van der Waals surface area contributed by atoms with Crippen molar-refractivity contribution in [2.75, 3.05) is 78.8 Å². The Morgan fingerprint density at radius 3 is 1.15 bits per heavy atom. The topological polar surface area (TPSA) is 175 Å². The average molecular weight is 1020 g/mol. The second kappa shape index (κ2) is 22.0. The Bertz CT molecular complexity index is 2060. The molecule has 4 heterocycles. The van der Waals surface area contributed by atoms with E-state index >= 15 is 4.39 Å². The highest BCUT2D eigenvalue weighted by Crippen LogP contribution is 2.39. The molecule has 0 aliphatic carbocycles. The van der Waals surface area contributed by atoms with Crippen LogP contribution in [0.1, 0.15) is 133 Å². The standard InChI is InChI=1S/C27H41FN2O6.C27H42N2O7/c1-24(2,3)35-22(31)26(7,8)34-21-15-20(27(28)17-33-18-27)10-9-19(21)16-29-11-13-30(14-12-29)23(32)36-25(4,5)6;1-24(2,3)35-22(30)26(7,8)34-21-15-20(27(32)17-33-18-27)10-9-19(21)16-28-11-13-29(14-12-28)23(31)36-25(4,5)6/h9-10,15H,11-14,16-18H2,1-8H3;9-10,15,32H,11-14,16-18H2,1-8H3. The molecule has 2 aromatic rings. The highest BCUT2D eigenvalue weighted by molar-refractivity contribution is 5.80. The third-order valence-electron chi connectivity index (χ3n) is 11.9. The van der Waals surface area contributed by atoms with E-state index in [0.717, 1.165) is 11.1 Å². The van der Waals surface area contributed by atoms with Gasteiger partial charge in [0, 0.05) is 76.6 Å². The van der Waals surface area contributed by atoms with Crippen molar-refractivity contribution in [2.45, 2.75) is 169 Å². The van der Waals surface area contributed by atoms with Crippen molar-refractivity contribution in [1.82, 2.24) is 19.6 Å². The van der Waals surface area contributed by atoms with Crippen LogP contribution in [0.4, 0.5) is 14.0 Å². The summed E-state index contributed by atoms with van der Waals surface area (Å²) in [5, 5.41) is 10.8. The number of carbonyl (C=O) groups is 4. The predicted molar refractivity (Wildman–Crippen MR) is 268 cm³/mol. The molecule has 4 fully saturated rings. The lowest BCUT2D eigenvalue weighted by Gasteiger charge is -2.38. The van der Waals surface area contributed by atoms with Crippen molar-refractivity contribution in [3.63, 3.8) is 0 Å². The monoisotopic (exact) mass is 1010 g/mol. The first-order valence-corrected chi connectivity index (χ1v) is 25.0. The molecular weight excluding hydrogens is 932 g/mol. The zero-order valence-electron chi connectivity index (χ0n) is 45.9. The molecule has 4 saturated heterocycles. The second-order valence-electron chi connectivity index (χ2n) is 24.3. The maximum absolute atomic E-state index is 15.1. The summed E-state index contributed by atoms with van der Waals surface area (Å²) in [6.07, 6.45) is -0.615. The number of amides is 2. The normalized spacial score (nSPS) is 18.9. The van der Waals surface area contributed by atoms with Crippen molar-refractivity contribution in [3.8, 4) is 11.5 Å². The minimum atomic E-state index is -1.56. The number of esters is 2. The highest BCUT2D eigenvalue weighted by Gasteiger charge is 2.43. The van der Waals surface area contributed by atoms with Gasteiger partial charge in [-0.2, -0.15) is 0 Å². The summed E-state index contributed by atoms with van der Waals surface area (Å²) < 4.78 is 60.0. The smallest absolute Gasteiger partial charge is 0.410 e. The Hall–Kier alpha value is -4.75. The number of carbonyl (C=O) groups excluding carboxylic acids is 4. The van der Waals surface area contributed by atoms with Crippen LogP contribution < -0.4 is 9.47 Å². The Morgan fingerprint density at radius 1 is 0.514 bits per heavy atom. The average Bonchev–Trinajstić information content (AvgIpc) is 3.21. The Labute approximate surface area is 426 Å². The van der Waals surface area contributed by atoms with Gasteiger partial charge in [0.1, 0.15) is 39.5 Å². The molecule has 17 nitrogen and oxygen atoms in total. The Morgan fingerprint density at radius 2 is 0.847 bits per heavy atom. The summed E-state index contributed by atoms with van der Waals surface area (Å²) in [5.74, 6) is -0.0256. The van der Waals surface area contributed by atoms with Gasteiger partial charge in [-0.05, 0) is 134 Å². The summed E-state index contributed by atoms with van der Waals surface area (Å²) in [6.45, 7) is 35.0. The van der Waals surface area contributed by atoms with E-state index in [1.54, 1.807) is 76.5 Å². The third kappa shape index (κ3) is 16.6. The minimum absolute atomic E-state index is 0.00608. The summed E-state index contributed by atoms with van der Waals surface area (Å²) in [4.78, 5) is 58.3. The largest absolute Gasteiger partial charge is 0.476 e. The van der Waals surface area contributed by atoms with Gasteiger partial charge >= 0.3 is 24.1 Å². The van der Waals surface area contributed by atoms with Crippen LogP contribution in [-0.4, -0.2) is 161 Å². The molecule has 2 aromatic carbocycles. The SMILES string of the molecule is CC(C)(C)OC(=O)N1CCN(Cc2ccc(C3(F)COC3)cc2OC(C)(C)C(=O)OC(C)(C)C)CC1.CC(C)(C)OC(=O)N1CCN(Cc2ccc(C3(O)COC3)cc2OC(C)(C)C(=O)OC(C)(C)C)CC1. The van der Waals surface area contributed by atoms with E-state index in [9.17, 15) is 24.3 Å². The number of halogens is 1. The molecule has 1 N–H and O–H groups in total. The van der Waals surface area contributed by atoms with E-state index in [4.69, 9.17) is 37.9 Å². The molecule has 4 aliphatic rings. The fraction of sp³-hybridized carbons (Fsp3) is 0.704. The van der Waals surface area contributed by atoms with Crippen LogP contribution in [0.3, 0.4) is 0 Å². The van der Waals surface area contributed by atoms with Crippen molar-refractivity contribution in [1.29, 1.82) is 0 Å². The van der Waals surface area contributed by atoms with Crippen LogP contribution in [0.5, 0.6) is 11.5 Å². The molecule has 0 radical (unpaired) electrons. The number of alkyl halides is 1. The van der Waals surface area contributed by atoms with E-state index in [2.05, 4.69) is 9.80 Å². The lowest BCUT2D eigenvalue weighted by molar-refractivity contribution is -0.184. The summed E-state index contributed by atoms with van der Waals surface area (Å²) in [6, 6.07) is 10.9. The quantitative estimate of drug-likeness (QED) is 0.160. The fourth-order valence-electron chi connectivity index (χ4n) is 7.79. The summed E-state index contributed by atoms with van der Waals surface area (Å²) in [7, 11) is 0. The zero-order chi connectivity index (χ0) is 53.9. The molecule has 0 bridgehead atoms. The van der Waals surface area contributed by atoms with Gasteiger partial charge in [0.05, 0.1) is 26.4 Å². The second-order valence-corrected chi connectivity index (χ2v) is 24.3. The van der Waals surface area contributed by atoms with Gasteiger partial charge in [0.2, 0.25) is 0 Å². The van der Waals surface area contributed by atoms with Crippen molar-refractivity contribution >= 4 is 24.1 Å². The van der Waals surface area contributed by atoms with Crippen LogP contribution in [0.25, 0.3) is 0 Å². The first kappa shape index (κ1) is 58.1. The lowest BCUT2D eigenvalue weighted by Crippen LogP contribution is -2.49. The van der Waals surface area contributed by atoms with Gasteiger partial charge in [0.15, 0.2) is 16.9 Å². The minimum Gasteiger partial charge on any atom is -0.476 e. The lowest BCUT2D eigenvalue weighted by atomic mass is 9.91. The number of nitrogens with zero attached hydrogens (tertiary/aromatic N) is 4. The van der Waals surface area contributed by atoms with E-state index in [-0.39, 0.29) is 38.6 Å². The molecule has 72 heavy (non-hydrogen) atoms. The zero-order valence-corrected chi connectivity index (χ0v) is 45.9. The molecule has 0 atom stereocenters. The van der Waals surface area contributed by atoms with E-state index < -0.39 is 56.8 Å².